The molecule has 3 rings (SSSR count). The van der Waals surface area contributed by atoms with Crippen LogP contribution in [0.4, 0.5) is 4.79 Å². The summed E-state index contributed by atoms with van der Waals surface area (Å²) in [6.07, 6.45) is 17.9. The van der Waals surface area contributed by atoms with Gasteiger partial charge in [-0.15, -0.1) is 22.7 Å². The summed E-state index contributed by atoms with van der Waals surface area (Å²) in [6, 6.07) is -3.10. The van der Waals surface area contributed by atoms with Crippen molar-refractivity contribution in [1.82, 2.24) is 41.9 Å². The Morgan fingerprint density at radius 3 is 2.00 bits per heavy atom. The number of thioether (sulfide) groups is 2. The van der Waals surface area contributed by atoms with E-state index < -0.39 is 97.7 Å². The predicted molar refractivity (Wildman–Crippen MR) is 383 cm³/mol. The van der Waals surface area contributed by atoms with E-state index in [0.717, 1.165) is 51.0 Å². The van der Waals surface area contributed by atoms with Gasteiger partial charge in [-0.25, -0.2) is 24.4 Å². The van der Waals surface area contributed by atoms with E-state index >= 15 is 0 Å². The van der Waals surface area contributed by atoms with Gasteiger partial charge in [0.25, 0.3) is 11.8 Å². The molecule has 23 nitrogen and oxygen atoms in total. The number of amides is 6. The van der Waals surface area contributed by atoms with E-state index in [9.17, 15) is 52.7 Å². The van der Waals surface area contributed by atoms with E-state index in [4.69, 9.17) is 18.9 Å². The van der Waals surface area contributed by atoms with Gasteiger partial charge in [-0.05, 0) is 89.3 Å². The van der Waals surface area contributed by atoms with Gasteiger partial charge in [-0.1, -0.05) is 162 Å². The van der Waals surface area contributed by atoms with Crippen LogP contribution in [-0.4, -0.2) is 142 Å². The van der Waals surface area contributed by atoms with Gasteiger partial charge in [-0.3, -0.25) is 38.4 Å². The first-order chi connectivity index (χ1) is 45.4. The molecule has 0 radical (unpaired) electrons. The van der Waals surface area contributed by atoms with Gasteiger partial charge in [0.1, 0.15) is 63.4 Å². The lowest BCUT2D eigenvalue weighted by atomic mass is 10.0. The number of aromatic nitrogens is 2. The average Bonchev–Trinajstić information content (AvgIpc) is 1.57. The summed E-state index contributed by atoms with van der Waals surface area (Å²) in [5, 5.41) is 20.6. The van der Waals surface area contributed by atoms with Crippen LogP contribution < -0.4 is 31.9 Å². The van der Waals surface area contributed by atoms with Crippen molar-refractivity contribution in [2.75, 3.05) is 18.1 Å². The molecule has 1 aliphatic heterocycles. The van der Waals surface area contributed by atoms with Crippen LogP contribution in [0.1, 0.15) is 223 Å². The number of esters is 3. The Kier molecular flexibility index (Phi) is 42.2. The minimum Gasteiger partial charge on any atom is -0.466 e. The van der Waals surface area contributed by atoms with E-state index in [1.165, 1.54) is 70.8 Å². The number of carbonyl (C=O) groups is 11. The number of rotatable bonds is 37. The van der Waals surface area contributed by atoms with Crippen molar-refractivity contribution in [3.63, 3.8) is 0 Å². The number of nitrogens with zero attached hydrogens (tertiary/aromatic N) is 2. The molecule has 1 unspecified atom stereocenters. The molecule has 2 bridgehead atoms. The van der Waals surface area contributed by atoms with Crippen LogP contribution in [-0.2, 0) is 70.4 Å². The molecular weight excluding hydrogens is 1330 g/mol. The Labute approximate surface area is 587 Å². The van der Waals surface area contributed by atoms with E-state index in [1.54, 1.807) is 85.9 Å². The number of cyclic esters (lactones) is 1. The molecule has 2 aromatic rings. The van der Waals surface area contributed by atoms with E-state index in [-0.39, 0.29) is 78.3 Å². The number of thiazole rings is 2. The third-order valence-electron chi connectivity index (χ3n) is 14.5. The van der Waals surface area contributed by atoms with Gasteiger partial charge >= 0.3 is 24.0 Å². The molecule has 3 heterocycles. The van der Waals surface area contributed by atoms with Crippen molar-refractivity contribution < 1.29 is 71.7 Å². The van der Waals surface area contributed by atoms with Crippen molar-refractivity contribution in [2.45, 2.75) is 272 Å². The van der Waals surface area contributed by atoms with Crippen LogP contribution >= 0.6 is 46.2 Å². The largest absolute Gasteiger partial charge is 0.466 e. The molecule has 96 heavy (non-hydrogen) atoms. The second kappa shape index (κ2) is 47.1. The van der Waals surface area contributed by atoms with Gasteiger partial charge in [0.2, 0.25) is 17.7 Å². The first kappa shape index (κ1) is 86.1. The van der Waals surface area contributed by atoms with Crippen molar-refractivity contribution in [1.29, 1.82) is 0 Å². The topological polar surface area (TPSA) is 323 Å². The summed E-state index contributed by atoms with van der Waals surface area (Å²) in [5.41, 5.74) is -0.423. The second-order valence-electron chi connectivity index (χ2n) is 26.3. The van der Waals surface area contributed by atoms with Crippen molar-refractivity contribution >= 4 is 118 Å². The van der Waals surface area contributed by atoms with Crippen LogP contribution in [0.3, 0.4) is 0 Å². The molecular formula is C68H110N8O15S4Si. The highest BCUT2D eigenvalue weighted by molar-refractivity contribution is 8.13. The van der Waals surface area contributed by atoms with Crippen LogP contribution in [0.15, 0.2) is 35.1 Å². The quantitative estimate of drug-likeness (QED) is 0.0120. The van der Waals surface area contributed by atoms with Crippen LogP contribution in [0.5, 0.6) is 0 Å². The Hall–Kier alpha value is -5.97. The molecule has 0 saturated heterocycles. The number of unbranched alkanes of at least 4 members (excludes halogenated alkanes) is 8. The highest BCUT2D eigenvalue weighted by Gasteiger charge is 2.34. The second-order valence-corrected chi connectivity index (χ2v) is 36.1. The van der Waals surface area contributed by atoms with Crippen LogP contribution in [0.25, 0.3) is 0 Å². The molecule has 0 saturated carbocycles. The summed E-state index contributed by atoms with van der Waals surface area (Å²) in [6.45, 7) is 27.1. The Bertz CT molecular complexity index is 2830. The van der Waals surface area contributed by atoms with Gasteiger partial charge in [0.05, 0.1) is 32.5 Å². The average molecular weight is 1440 g/mol. The Morgan fingerprint density at radius 1 is 0.802 bits per heavy atom. The molecule has 1 aliphatic rings. The fourth-order valence-electron chi connectivity index (χ4n) is 8.86. The molecule has 6 amide bonds. The van der Waals surface area contributed by atoms with Crippen molar-refractivity contribution in [3.8, 4) is 0 Å². The van der Waals surface area contributed by atoms with Gasteiger partial charge in [0.15, 0.2) is 10.2 Å². The molecule has 540 valence electrons. The number of allylic oxidation sites excluding steroid dienone is 2. The molecule has 0 aromatic carbocycles. The summed E-state index contributed by atoms with van der Waals surface area (Å²) in [4.78, 5) is 149. The number of hydrogen-bond donors (Lipinski definition) is 6. The molecule has 6 N–H and O–H groups in total. The van der Waals surface area contributed by atoms with Gasteiger partial charge < -0.3 is 50.8 Å². The Balaban J connectivity index is 0.000000681. The third kappa shape index (κ3) is 38.2. The highest BCUT2D eigenvalue weighted by Crippen LogP contribution is 2.20. The lowest BCUT2D eigenvalue weighted by molar-refractivity contribution is -0.156. The minimum atomic E-state index is -1.44. The molecule has 0 fully saturated rings. The fraction of sp³-hybridized carbons (Fsp3) is 0.691. The standard InChI is InChI=1S/C39H66N4O9S2Si.C29H44N4O6S2/c1-11-13-14-15-16-20-33(45)53-22-18-17-19-28(24-32(44)50-21-23-55(8,9)10)51-37(48)34(27(3)4)43-35(46)29(12-2)42-36(47)30-26-54-31(41-30)25-40-38(49)52-39(5,6)7;1-5-7-8-9-10-14-25(35)40-15-12-11-13-20-16-23(34)30-17-24-31-22(18-41-24)28(37)32-21(6-2)27(36)33-26(19(3)4)29(38)39-20/h17,19,26-29,34H,11-16,18,20-25H2,1-10H3,(H,40,49)(H,42,47)(H,43,46);11,13,18-21,26H,5-10,12,14-17H2,1-4H3,(H,30,34)(H,32,37)(H,33,36)/b19-17+;13-11+/t28-,29?,34+;20-,21-,26+/m11/s1. The normalized spacial score (nSPS) is 16.7. The zero-order valence-electron chi connectivity index (χ0n) is 59.2. The SMILES string of the molecule is CCCCCCCC(=O)SCC/C=C/[C@@H]1CC(=O)NCc2nc(cs2)C(=O)N[C@H](CC)C(=O)N[C@@H](C(C)C)C(=O)O1.CCCCCCCC(=O)SCC/C=C/[C@H](CC(=O)OCC[Si](C)(C)C)OC(=O)[C@@H](NC(=O)C(CC)NC(=O)c1csc(CNC(=O)OC(C)(C)C)n1)C(C)C. The van der Waals surface area contributed by atoms with Gasteiger partial charge in [0, 0.05) is 43.2 Å². The summed E-state index contributed by atoms with van der Waals surface area (Å²) in [7, 11) is -1.44. The minimum absolute atomic E-state index is 0.0625. The van der Waals surface area contributed by atoms with E-state index in [0.29, 0.717) is 53.6 Å². The van der Waals surface area contributed by atoms with Crippen LogP contribution in [0.2, 0.25) is 25.7 Å². The number of carbonyl (C=O) groups excluding carboxylic acids is 11. The lowest BCUT2D eigenvalue weighted by Gasteiger charge is -2.25. The predicted octanol–water partition coefficient (Wildman–Crippen LogP) is 11.9. The monoisotopic (exact) mass is 1430 g/mol. The maximum absolute atomic E-state index is 13.5. The summed E-state index contributed by atoms with van der Waals surface area (Å²) < 4.78 is 22.2. The van der Waals surface area contributed by atoms with Crippen LogP contribution in [0, 0.1) is 11.8 Å². The zero-order chi connectivity index (χ0) is 71.8. The van der Waals surface area contributed by atoms with Crippen molar-refractivity contribution in [3.05, 3.63) is 56.5 Å². The Morgan fingerprint density at radius 2 is 1.43 bits per heavy atom. The number of nitrogens with one attached hydrogen (secondary N) is 6. The number of alkyl carbamates (subject to hydrolysis) is 1. The van der Waals surface area contributed by atoms with E-state index in [1.807, 2.05) is 6.08 Å². The number of fused-ring (bicyclic) bond motifs is 2. The lowest BCUT2D eigenvalue weighted by Crippen LogP contribution is -2.53. The molecule has 0 spiro atoms. The molecule has 6 atom stereocenters. The number of ether oxygens (including phenoxy) is 4. The summed E-state index contributed by atoms with van der Waals surface area (Å²) in [5.74, 6) is -3.98. The number of hydrogen-bond acceptors (Lipinski definition) is 21. The van der Waals surface area contributed by atoms with Crippen molar-refractivity contribution in [2.24, 2.45) is 11.8 Å². The zero-order valence-corrected chi connectivity index (χ0v) is 63.5. The molecule has 0 aliphatic carbocycles. The first-order valence-electron chi connectivity index (χ1n) is 33.9. The fourth-order valence-corrected chi connectivity index (χ4v) is 12.5. The van der Waals surface area contributed by atoms with Gasteiger partial charge in [-0.2, -0.15) is 0 Å². The third-order valence-corrected chi connectivity index (χ3v) is 19.8. The molecule has 28 heteroatoms. The first-order valence-corrected chi connectivity index (χ1v) is 41.4. The smallest absolute Gasteiger partial charge is 0.408 e. The molecule has 2 aromatic heterocycles. The maximum Gasteiger partial charge on any atom is 0.408 e. The highest BCUT2D eigenvalue weighted by atomic mass is 32.2. The van der Waals surface area contributed by atoms with E-state index in [2.05, 4.69) is 75.4 Å². The maximum atomic E-state index is 13.5. The summed E-state index contributed by atoms with van der Waals surface area (Å²) >= 11 is 4.96.